The van der Waals surface area contributed by atoms with E-state index in [-0.39, 0.29) is 5.91 Å². The van der Waals surface area contributed by atoms with E-state index in [1.807, 2.05) is 36.4 Å². The second-order valence-corrected chi connectivity index (χ2v) is 6.38. The molecule has 1 fully saturated rings. The molecular weight excluding hydrogens is 310 g/mol. The maximum absolute atomic E-state index is 12.1. The first kappa shape index (κ1) is 14.4. The number of hydrogen-bond acceptors (Lipinski definition) is 5. The molecule has 2 aliphatic heterocycles. The smallest absolute Gasteiger partial charge is 0.286 e. The van der Waals surface area contributed by atoms with Gasteiger partial charge in [-0.1, -0.05) is 18.2 Å². The van der Waals surface area contributed by atoms with Gasteiger partial charge in [0.15, 0.2) is 5.17 Å². The van der Waals surface area contributed by atoms with Crippen molar-refractivity contribution in [1.82, 2.24) is 9.88 Å². The van der Waals surface area contributed by atoms with Gasteiger partial charge in [0.25, 0.3) is 5.91 Å². The third-order valence-corrected chi connectivity index (χ3v) is 4.84. The minimum absolute atomic E-state index is 0.176. The van der Waals surface area contributed by atoms with Crippen LogP contribution in [0.3, 0.4) is 0 Å². The number of hydrogen-bond donors (Lipinski definition) is 0. The topological polar surface area (TPSA) is 54.8 Å². The number of thioether (sulfide) groups is 1. The number of aromatic nitrogens is 1. The number of para-hydroxylation sites is 1. The lowest BCUT2D eigenvalue weighted by molar-refractivity contribution is -0.113. The van der Waals surface area contributed by atoms with Gasteiger partial charge in [0.05, 0.1) is 23.6 Å². The summed E-state index contributed by atoms with van der Waals surface area (Å²) in [5.74, 6) is -0.176. The van der Waals surface area contributed by atoms with Crippen LogP contribution in [-0.4, -0.2) is 47.3 Å². The van der Waals surface area contributed by atoms with Gasteiger partial charge in [0.1, 0.15) is 0 Å². The number of rotatable bonds is 1. The van der Waals surface area contributed by atoms with Crippen LogP contribution in [0, 0.1) is 0 Å². The lowest BCUT2D eigenvalue weighted by Gasteiger charge is -2.27. The molecule has 116 valence electrons. The molecule has 4 rings (SSSR count). The lowest BCUT2D eigenvalue weighted by atomic mass is 10.1. The molecule has 1 amide bonds. The molecule has 0 bridgehead atoms. The summed E-state index contributed by atoms with van der Waals surface area (Å²) in [5, 5.41) is 1.84. The number of morpholine rings is 1. The lowest BCUT2D eigenvalue weighted by Crippen LogP contribution is -2.38. The summed E-state index contributed by atoms with van der Waals surface area (Å²) >= 11 is 1.43. The van der Waals surface area contributed by atoms with Crippen molar-refractivity contribution in [2.45, 2.75) is 0 Å². The molecule has 2 aliphatic rings. The molecule has 1 saturated heterocycles. The molecule has 1 aromatic heterocycles. The number of pyridine rings is 1. The first-order chi connectivity index (χ1) is 11.3. The summed E-state index contributed by atoms with van der Waals surface area (Å²) in [6.07, 6.45) is 3.65. The van der Waals surface area contributed by atoms with Crippen molar-refractivity contribution in [2.75, 3.05) is 26.3 Å². The molecule has 3 heterocycles. The number of benzene rings is 1. The van der Waals surface area contributed by atoms with Gasteiger partial charge in [-0.15, -0.1) is 0 Å². The van der Waals surface area contributed by atoms with E-state index < -0.39 is 0 Å². The van der Waals surface area contributed by atoms with Crippen LogP contribution in [0.4, 0.5) is 0 Å². The molecule has 1 aromatic carbocycles. The third-order valence-electron chi connectivity index (χ3n) is 3.80. The molecule has 0 spiro atoms. The molecule has 5 nitrogen and oxygen atoms in total. The summed E-state index contributed by atoms with van der Waals surface area (Å²) in [7, 11) is 0. The van der Waals surface area contributed by atoms with Crippen LogP contribution in [0.1, 0.15) is 5.56 Å². The SMILES string of the molecule is O=C1N=C(N2CCOCC2)SC1=Cc1cnc2ccccc2c1. The molecule has 0 atom stereocenters. The van der Waals surface area contributed by atoms with E-state index in [1.54, 1.807) is 6.20 Å². The van der Waals surface area contributed by atoms with E-state index in [9.17, 15) is 4.79 Å². The Kier molecular flexibility index (Phi) is 3.85. The van der Waals surface area contributed by atoms with E-state index in [0.29, 0.717) is 18.1 Å². The molecular formula is C17H15N3O2S. The van der Waals surface area contributed by atoms with Crippen molar-refractivity contribution in [3.63, 3.8) is 0 Å². The van der Waals surface area contributed by atoms with Crippen molar-refractivity contribution in [1.29, 1.82) is 0 Å². The van der Waals surface area contributed by atoms with Crippen LogP contribution in [-0.2, 0) is 9.53 Å². The average Bonchev–Trinajstić information content (AvgIpc) is 2.96. The molecule has 0 saturated carbocycles. The maximum Gasteiger partial charge on any atom is 0.286 e. The highest BCUT2D eigenvalue weighted by molar-refractivity contribution is 8.18. The molecule has 0 unspecified atom stereocenters. The highest BCUT2D eigenvalue weighted by Crippen LogP contribution is 2.30. The van der Waals surface area contributed by atoms with Crippen LogP contribution in [0.25, 0.3) is 17.0 Å². The number of ether oxygens (including phenoxy) is 1. The Balaban J connectivity index is 1.57. The van der Waals surface area contributed by atoms with E-state index in [4.69, 9.17) is 4.74 Å². The van der Waals surface area contributed by atoms with Crippen molar-refractivity contribution in [2.24, 2.45) is 4.99 Å². The van der Waals surface area contributed by atoms with Crippen LogP contribution in [0.2, 0.25) is 0 Å². The summed E-state index contributed by atoms with van der Waals surface area (Å²) in [6, 6.07) is 9.98. The fourth-order valence-electron chi connectivity index (χ4n) is 2.61. The molecule has 0 aliphatic carbocycles. The molecule has 0 N–H and O–H groups in total. The summed E-state index contributed by atoms with van der Waals surface area (Å²) in [6.45, 7) is 2.93. The van der Waals surface area contributed by atoms with E-state index >= 15 is 0 Å². The van der Waals surface area contributed by atoms with Crippen LogP contribution < -0.4 is 0 Å². The number of nitrogens with zero attached hydrogens (tertiary/aromatic N) is 3. The highest BCUT2D eigenvalue weighted by atomic mass is 32.2. The quantitative estimate of drug-likeness (QED) is 0.754. The Labute approximate surface area is 138 Å². The van der Waals surface area contributed by atoms with Gasteiger partial charge in [0, 0.05) is 24.7 Å². The van der Waals surface area contributed by atoms with Crippen molar-refractivity contribution in [3.8, 4) is 0 Å². The standard InChI is InChI=1S/C17H15N3O2S/c21-16-15(23-17(19-16)20-5-7-22-8-6-20)10-12-9-13-3-1-2-4-14(13)18-11-12/h1-4,9-11H,5-8H2. The van der Waals surface area contributed by atoms with Gasteiger partial charge in [-0.05, 0) is 35.5 Å². The monoisotopic (exact) mass is 325 g/mol. The zero-order chi connectivity index (χ0) is 15.6. The first-order valence-corrected chi connectivity index (χ1v) is 8.31. The second kappa shape index (κ2) is 6.14. The van der Waals surface area contributed by atoms with Crippen LogP contribution in [0.5, 0.6) is 0 Å². The Hall–Kier alpha value is -2.18. The van der Waals surface area contributed by atoms with Gasteiger partial charge in [-0.2, -0.15) is 4.99 Å². The van der Waals surface area contributed by atoms with E-state index in [2.05, 4.69) is 14.9 Å². The molecule has 23 heavy (non-hydrogen) atoms. The minimum Gasteiger partial charge on any atom is -0.378 e. The summed E-state index contributed by atoms with van der Waals surface area (Å²) < 4.78 is 5.34. The summed E-state index contributed by atoms with van der Waals surface area (Å²) in [4.78, 5) is 23.5. The van der Waals surface area contributed by atoms with Crippen LogP contribution >= 0.6 is 11.8 Å². The third kappa shape index (κ3) is 3.00. The first-order valence-electron chi connectivity index (χ1n) is 7.50. The van der Waals surface area contributed by atoms with E-state index in [0.717, 1.165) is 34.7 Å². The minimum atomic E-state index is -0.176. The van der Waals surface area contributed by atoms with Gasteiger partial charge in [-0.3, -0.25) is 9.78 Å². The number of amidine groups is 1. The predicted molar refractivity (Wildman–Crippen MR) is 92.1 cm³/mol. The van der Waals surface area contributed by atoms with Gasteiger partial charge in [-0.25, -0.2) is 0 Å². The average molecular weight is 325 g/mol. The molecule has 0 radical (unpaired) electrons. The maximum atomic E-state index is 12.1. The van der Waals surface area contributed by atoms with E-state index in [1.165, 1.54) is 11.8 Å². The van der Waals surface area contributed by atoms with Gasteiger partial charge < -0.3 is 9.64 Å². The Morgan fingerprint density at radius 3 is 2.91 bits per heavy atom. The van der Waals surface area contributed by atoms with Gasteiger partial charge in [0.2, 0.25) is 0 Å². The van der Waals surface area contributed by atoms with Gasteiger partial charge >= 0.3 is 0 Å². The highest BCUT2D eigenvalue weighted by Gasteiger charge is 2.27. The predicted octanol–water partition coefficient (Wildman–Crippen LogP) is 2.54. The van der Waals surface area contributed by atoms with Crippen molar-refractivity contribution < 1.29 is 9.53 Å². The number of carbonyl (C=O) groups excluding carboxylic acids is 1. The zero-order valence-corrected chi connectivity index (χ0v) is 13.3. The van der Waals surface area contributed by atoms with Crippen molar-refractivity contribution in [3.05, 3.63) is 47.0 Å². The fourth-order valence-corrected chi connectivity index (χ4v) is 3.57. The number of amides is 1. The summed E-state index contributed by atoms with van der Waals surface area (Å²) in [5.41, 5.74) is 1.86. The number of carbonyl (C=O) groups is 1. The Morgan fingerprint density at radius 1 is 1.22 bits per heavy atom. The molecule has 2 aromatic rings. The second-order valence-electron chi connectivity index (χ2n) is 5.37. The number of aliphatic imine (C=N–C) groups is 1. The Bertz CT molecular complexity index is 825. The van der Waals surface area contributed by atoms with Crippen molar-refractivity contribution >= 4 is 39.8 Å². The molecule has 6 heteroatoms. The normalized spacial score (nSPS) is 20.3. The largest absolute Gasteiger partial charge is 0.378 e. The number of fused-ring (bicyclic) bond motifs is 1. The zero-order valence-electron chi connectivity index (χ0n) is 12.4. The fraction of sp³-hybridized carbons (Fsp3) is 0.235. The van der Waals surface area contributed by atoms with Crippen LogP contribution in [0.15, 0.2) is 46.4 Å². The Morgan fingerprint density at radius 2 is 2.04 bits per heavy atom.